The van der Waals surface area contributed by atoms with E-state index in [0.717, 1.165) is 25.7 Å². The molecule has 1 saturated heterocycles. The van der Waals surface area contributed by atoms with Crippen LogP contribution in [0.15, 0.2) is 0 Å². The number of urea groups is 1. The van der Waals surface area contributed by atoms with Crippen LogP contribution < -0.4 is 10.6 Å². The second kappa shape index (κ2) is 4.22. The molecule has 0 spiro atoms. The highest BCUT2D eigenvalue weighted by molar-refractivity contribution is 6.36. The molecule has 2 fully saturated rings. The summed E-state index contributed by atoms with van der Waals surface area (Å²) in [5.74, 6) is -0.513. The van der Waals surface area contributed by atoms with Crippen LogP contribution in [0.4, 0.5) is 4.79 Å². The van der Waals surface area contributed by atoms with Gasteiger partial charge in [0.25, 0.3) is 5.91 Å². The Balaban J connectivity index is 2.04. The average molecular weight is 247 g/mol. The number of carbonyl (C=O) groups is 2. The summed E-state index contributed by atoms with van der Waals surface area (Å²) < 4.78 is 5.68. The Labute approximate surface area is 98.9 Å². The number of halogens is 1. The van der Waals surface area contributed by atoms with Crippen molar-refractivity contribution in [2.75, 3.05) is 0 Å². The lowest BCUT2D eigenvalue weighted by molar-refractivity contribution is -0.131. The number of ether oxygens (including phenoxy) is 1. The zero-order valence-electron chi connectivity index (χ0n) is 9.09. The predicted octanol–water partition coefficient (Wildman–Crippen LogP) is 1.11. The maximum absolute atomic E-state index is 11.5. The van der Waals surface area contributed by atoms with Crippen molar-refractivity contribution in [3.63, 3.8) is 0 Å². The molecule has 0 bridgehead atoms. The van der Waals surface area contributed by atoms with E-state index < -0.39 is 23.0 Å². The molecule has 2 aliphatic rings. The van der Waals surface area contributed by atoms with Crippen molar-refractivity contribution < 1.29 is 14.3 Å². The molecule has 1 saturated carbocycles. The number of hydrogen-bond donors (Lipinski definition) is 2. The third-order valence-electron chi connectivity index (χ3n) is 3.06. The lowest BCUT2D eigenvalue weighted by atomic mass is 10.1. The summed E-state index contributed by atoms with van der Waals surface area (Å²) in [6.45, 7) is 1.54. The van der Waals surface area contributed by atoms with Crippen LogP contribution in [0, 0.1) is 0 Å². The van der Waals surface area contributed by atoms with E-state index in [4.69, 9.17) is 16.3 Å². The predicted molar refractivity (Wildman–Crippen MR) is 58.1 cm³/mol. The number of rotatable bonds is 2. The third-order valence-corrected chi connectivity index (χ3v) is 3.43. The molecule has 16 heavy (non-hydrogen) atoms. The van der Waals surface area contributed by atoms with Crippen LogP contribution in [-0.4, -0.2) is 29.1 Å². The Morgan fingerprint density at radius 3 is 2.62 bits per heavy atom. The molecule has 2 N–H and O–H groups in total. The zero-order valence-corrected chi connectivity index (χ0v) is 9.84. The Kier molecular flexibility index (Phi) is 3.08. The highest BCUT2D eigenvalue weighted by atomic mass is 35.5. The first-order chi connectivity index (χ1) is 7.50. The molecule has 1 aliphatic carbocycles. The fourth-order valence-electron chi connectivity index (χ4n) is 2.01. The standard InChI is InChI=1S/C10H15ClN2O3/c1-10(11)7(14)12-9(15)13-8(10)16-6-4-2-3-5-6/h6,8H,2-5H2,1H3,(H2,12,13,14,15). The maximum Gasteiger partial charge on any atom is 0.323 e. The van der Waals surface area contributed by atoms with Gasteiger partial charge in [0.1, 0.15) is 0 Å². The highest BCUT2D eigenvalue weighted by Crippen LogP contribution is 2.29. The second-order valence-corrected chi connectivity index (χ2v) is 5.21. The lowest BCUT2D eigenvalue weighted by Crippen LogP contribution is -2.66. The Bertz CT molecular complexity index is 313. The molecule has 1 heterocycles. The number of alkyl halides is 1. The number of carbonyl (C=O) groups excluding carboxylic acids is 2. The van der Waals surface area contributed by atoms with Crippen LogP contribution in [-0.2, 0) is 9.53 Å². The number of hydrogen-bond acceptors (Lipinski definition) is 3. The van der Waals surface area contributed by atoms with Crippen LogP contribution in [0.25, 0.3) is 0 Å². The molecular formula is C10H15ClN2O3. The molecule has 6 heteroatoms. The van der Waals surface area contributed by atoms with E-state index >= 15 is 0 Å². The van der Waals surface area contributed by atoms with Crippen molar-refractivity contribution in [2.45, 2.75) is 49.8 Å². The van der Waals surface area contributed by atoms with Crippen molar-refractivity contribution >= 4 is 23.5 Å². The van der Waals surface area contributed by atoms with Crippen LogP contribution in [0.2, 0.25) is 0 Å². The summed E-state index contributed by atoms with van der Waals surface area (Å²) in [4.78, 5) is 21.5. The Hall–Kier alpha value is -0.810. The third kappa shape index (κ3) is 2.15. The van der Waals surface area contributed by atoms with E-state index in [1.165, 1.54) is 0 Å². The first kappa shape index (κ1) is 11.7. The first-order valence-corrected chi connectivity index (χ1v) is 5.84. The largest absolute Gasteiger partial charge is 0.353 e. The Morgan fingerprint density at radius 1 is 1.38 bits per heavy atom. The summed E-state index contributed by atoms with van der Waals surface area (Å²) >= 11 is 6.08. The van der Waals surface area contributed by atoms with Crippen molar-refractivity contribution in [1.82, 2.24) is 10.6 Å². The molecular weight excluding hydrogens is 232 g/mol. The summed E-state index contributed by atoms with van der Waals surface area (Å²) in [6, 6.07) is -0.550. The van der Waals surface area contributed by atoms with Gasteiger partial charge in [-0.2, -0.15) is 0 Å². The minimum absolute atomic E-state index is 0.0919. The fraction of sp³-hybridized carbons (Fsp3) is 0.800. The molecule has 1 aliphatic heterocycles. The molecule has 2 rings (SSSR count). The molecule has 0 aromatic rings. The van der Waals surface area contributed by atoms with Crippen molar-refractivity contribution in [3.8, 4) is 0 Å². The quantitative estimate of drug-likeness (QED) is 0.718. The highest BCUT2D eigenvalue weighted by Gasteiger charge is 2.47. The normalized spacial score (nSPS) is 36.0. The van der Waals surface area contributed by atoms with E-state index in [-0.39, 0.29) is 6.10 Å². The van der Waals surface area contributed by atoms with E-state index in [2.05, 4.69) is 10.6 Å². The first-order valence-electron chi connectivity index (χ1n) is 5.46. The smallest absolute Gasteiger partial charge is 0.323 e. The van der Waals surface area contributed by atoms with Gasteiger partial charge in [0.05, 0.1) is 6.10 Å². The zero-order chi connectivity index (χ0) is 11.8. The second-order valence-electron chi connectivity index (χ2n) is 4.43. The summed E-state index contributed by atoms with van der Waals surface area (Å²) in [6.07, 6.45) is 3.50. The van der Waals surface area contributed by atoms with Gasteiger partial charge >= 0.3 is 6.03 Å². The average Bonchev–Trinajstić information content (AvgIpc) is 2.67. The van der Waals surface area contributed by atoms with Gasteiger partial charge in [-0.05, 0) is 19.8 Å². The maximum atomic E-state index is 11.5. The van der Waals surface area contributed by atoms with Crippen molar-refractivity contribution in [1.29, 1.82) is 0 Å². The fourth-order valence-corrected chi connectivity index (χ4v) is 2.17. The van der Waals surface area contributed by atoms with Crippen LogP contribution in [0.3, 0.4) is 0 Å². The minimum Gasteiger partial charge on any atom is -0.353 e. The van der Waals surface area contributed by atoms with Gasteiger partial charge in [-0.15, -0.1) is 11.6 Å². The van der Waals surface area contributed by atoms with Gasteiger partial charge in [0.15, 0.2) is 11.1 Å². The SMILES string of the molecule is CC1(Cl)C(=O)NC(=O)NC1OC1CCCC1. The number of amides is 3. The van der Waals surface area contributed by atoms with Gasteiger partial charge in [-0.25, -0.2) is 4.79 Å². The van der Waals surface area contributed by atoms with Crippen molar-refractivity contribution in [2.24, 2.45) is 0 Å². The molecule has 5 nitrogen and oxygen atoms in total. The van der Waals surface area contributed by atoms with Gasteiger partial charge in [0.2, 0.25) is 0 Å². The summed E-state index contributed by atoms with van der Waals surface area (Å²) in [7, 11) is 0. The molecule has 0 aromatic carbocycles. The van der Waals surface area contributed by atoms with Gasteiger partial charge < -0.3 is 10.1 Å². The molecule has 0 radical (unpaired) electrons. The molecule has 2 atom stereocenters. The van der Waals surface area contributed by atoms with E-state index in [0.29, 0.717) is 0 Å². The summed E-state index contributed by atoms with van der Waals surface area (Å²) in [5.41, 5.74) is 0. The van der Waals surface area contributed by atoms with Gasteiger partial charge in [-0.1, -0.05) is 12.8 Å². The molecule has 0 aromatic heterocycles. The van der Waals surface area contributed by atoms with Gasteiger partial charge in [0, 0.05) is 0 Å². The topological polar surface area (TPSA) is 67.4 Å². The van der Waals surface area contributed by atoms with Crippen molar-refractivity contribution in [3.05, 3.63) is 0 Å². The van der Waals surface area contributed by atoms with E-state index in [9.17, 15) is 9.59 Å². The summed E-state index contributed by atoms with van der Waals surface area (Å²) in [5, 5.41) is 4.66. The van der Waals surface area contributed by atoms with E-state index in [1.807, 2.05) is 0 Å². The number of nitrogens with one attached hydrogen (secondary N) is 2. The number of imide groups is 1. The Morgan fingerprint density at radius 2 is 2.00 bits per heavy atom. The molecule has 90 valence electrons. The molecule has 2 unspecified atom stereocenters. The monoisotopic (exact) mass is 246 g/mol. The van der Waals surface area contributed by atoms with Gasteiger partial charge in [-0.3, -0.25) is 10.1 Å². The van der Waals surface area contributed by atoms with Crippen LogP contribution in [0.5, 0.6) is 0 Å². The van der Waals surface area contributed by atoms with Crippen LogP contribution >= 0.6 is 11.6 Å². The molecule has 3 amide bonds. The lowest BCUT2D eigenvalue weighted by Gasteiger charge is -2.36. The van der Waals surface area contributed by atoms with Crippen LogP contribution in [0.1, 0.15) is 32.6 Å². The van der Waals surface area contributed by atoms with E-state index in [1.54, 1.807) is 6.92 Å². The minimum atomic E-state index is -1.24.